The Morgan fingerprint density at radius 2 is 1.42 bits per heavy atom. The normalized spacial score (nSPS) is 11.0. The Kier molecular flexibility index (Phi) is 6.90. The molecule has 0 aromatic carbocycles. The molecule has 0 fully saturated rings. The summed E-state index contributed by atoms with van der Waals surface area (Å²) in [7, 11) is 0. The number of aliphatic hydroxyl groups excluding tert-OH is 4. The molecule has 0 bridgehead atoms. The second kappa shape index (κ2) is 8.19. The van der Waals surface area contributed by atoms with Crippen LogP contribution in [0.1, 0.15) is 35.0 Å². The van der Waals surface area contributed by atoms with Crippen molar-refractivity contribution >= 4 is 0 Å². The highest BCUT2D eigenvalue weighted by Crippen LogP contribution is 2.22. The van der Waals surface area contributed by atoms with Gasteiger partial charge in [-0.05, 0) is 12.5 Å². The predicted molar refractivity (Wildman–Crippen MR) is 68.1 cm³/mol. The van der Waals surface area contributed by atoms with Crippen LogP contribution in [0, 0.1) is 0 Å². The quantitative estimate of drug-likeness (QED) is 0.481. The van der Waals surface area contributed by atoms with E-state index >= 15 is 0 Å². The van der Waals surface area contributed by atoms with Crippen LogP contribution in [0.3, 0.4) is 0 Å². The third-order valence-electron chi connectivity index (χ3n) is 3.01. The van der Waals surface area contributed by atoms with Crippen LogP contribution in [0.15, 0.2) is 0 Å². The Bertz CT molecular complexity index is 409. The maximum Gasteiger partial charge on any atom is 0.0856 e. The molecular weight excluding hydrogens is 250 g/mol. The van der Waals surface area contributed by atoms with E-state index < -0.39 is 0 Å². The first-order valence-electron chi connectivity index (χ1n) is 6.26. The van der Waals surface area contributed by atoms with E-state index in [4.69, 9.17) is 4.74 Å². The maximum absolute atomic E-state index is 9.43. The second-order valence-electron chi connectivity index (χ2n) is 4.02. The minimum Gasteiger partial charge on any atom is -0.392 e. The molecule has 0 saturated carbocycles. The lowest BCUT2D eigenvalue weighted by Gasteiger charge is -2.17. The summed E-state index contributed by atoms with van der Waals surface area (Å²) in [5, 5.41) is 37.4. The van der Waals surface area contributed by atoms with Gasteiger partial charge >= 0.3 is 0 Å². The van der Waals surface area contributed by atoms with Gasteiger partial charge in [0.15, 0.2) is 0 Å². The standard InChI is InChI=1S/C13H21NO5/c1-2-19-4-3-12-10(6-16)9(5-15)11(7-17)13(8-18)14-12/h15-18H,2-8H2,1H3. The molecule has 0 spiro atoms. The van der Waals surface area contributed by atoms with Gasteiger partial charge in [-0.3, -0.25) is 4.98 Å². The lowest BCUT2D eigenvalue weighted by molar-refractivity contribution is 0.149. The predicted octanol–water partition coefficient (Wildman–Crippen LogP) is -0.370. The van der Waals surface area contributed by atoms with Crippen molar-refractivity contribution in [1.82, 2.24) is 4.98 Å². The minimum atomic E-state index is -0.336. The Morgan fingerprint density at radius 1 is 0.842 bits per heavy atom. The van der Waals surface area contributed by atoms with E-state index in [0.717, 1.165) is 0 Å². The average molecular weight is 271 g/mol. The zero-order chi connectivity index (χ0) is 14.3. The number of hydrogen-bond acceptors (Lipinski definition) is 6. The molecule has 1 heterocycles. The molecular formula is C13H21NO5. The van der Waals surface area contributed by atoms with E-state index in [-0.39, 0.29) is 26.4 Å². The fourth-order valence-corrected chi connectivity index (χ4v) is 2.04. The van der Waals surface area contributed by atoms with Crippen LogP contribution in [-0.2, 0) is 37.6 Å². The number of ether oxygens (including phenoxy) is 1. The largest absolute Gasteiger partial charge is 0.392 e. The van der Waals surface area contributed by atoms with Gasteiger partial charge in [0.2, 0.25) is 0 Å². The summed E-state index contributed by atoms with van der Waals surface area (Å²) in [5.41, 5.74) is 2.24. The van der Waals surface area contributed by atoms with Gasteiger partial charge in [-0.15, -0.1) is 0 Å². The van der Waals surface area contributed by atoms with E-state index in [1.165, 1.54) is 0 Å². The number of aromatic nitrogens is 1. The lowest BCUT2D eigenvalue weighted by atomic mass is 9.98. The zero-order valence-corrected chi connectivity index (χ0v) is 11.1. The van der Waals surface area contributed by atoms with Crippen molar-refractivity contribution in [2.75, 3.05) is 13.2 Å². The van der Waals surface area contributed by atoms with Gasteiger partial charge < -0.3 is 25.2 Å². The highest BCUT2D eigenvalue weighted by molar-refractivity contribution is 5.40. The molecule has 0 amide bonds. The molecule has 0 aliphatic heterocycles. The molecule has 0 aliphatic carbocycles. The summed E-state index contributed by atoms with van der Waals surface area (Å²) >= 11 is 0. The van der Waals surface area contributed by atoms with Gasteiger partial charge in [0.1, 0.15) is 0 Å². The molecule has 108 valence electrons. The van der Waals surface area contributed by atoms with Gasteiger partial charge in [-0.2, -0.15) is 0 Å². The van der Waals surface area contributed by atoms with Crippen LogP contribution < -0.4 is 0 Å². The van der Waals surface area contributed by atoms with Crippen LogP contribution in [-0.4, -0.2) is 38.6 Å². The van der Waals surface area contributed by atoms with Crippen molar-refractivity contribution in [3.8, 4) is 0 Å². The highest BCUT2D eigenvalue weighted by atomic mass is 16.5. The topological polar surface area (TPSA) is 103 Å². The van der Waals surface area contributed by atoms with E-state index in [0.29, 0.717) is 47.7 Å². The first-order chi connectivity index (χ1) is 9.23. The minimum absolute atomic E-state index is 0.275. The number of pyridine rings is 1. The van der Waals surface area contributed by atoms with Crippen LogP contribution >= 0.6 is 0 Å². The molecule has 6 nitrogen and oxygen atoms in total. The van der Waals surface area contributed by atoms with E-state index in [1.54, 1.807) is 0 Å². The summed E-state index contributed by atoms with van der Waals surface area (Å²) in [4.78, 5) is 4.25. The smallest absolute Gasteiger partial charge is 0.0856 e. The van der Waals surface area contributed by atoms with E-state index in [1.807, 2.05) is 6.92 Å². The van der Waals surface area contributed by atoms with Crippen molar-refractivity contribution in [3.05, 3.63) is 28.1 Å². The molecule has 1 rings (SSSR count). The molecule has 0 radical (unpaired) electrons. The molecule has 4 N–H and O–H groups in total. The molecule has 0 saturated heterocycles. The average Bonchev–Trinajstić information content (AvgIpc) is 2.45. The van der Waals surface area contributed by atoms with Crippen LogP contribution in [0.4, 0.5) is 0 Å². The van der Waals surface area contributed by atoms with Crippen molar-refractivity contribution < 1.29 is 25.2 Å². The van der Waals surface area contributed by atoms with Gasteiger partial charge in [0, 0.05) is 29.8 Å². The van der Waals surface area contributed by atoms with Gasteiger partial charge in [-0.25, -0.2) is 0 Å². The van der Waals surface area contributed by atoms with Gasteiger partial charge in [0.05, 0.1) is 38.7 Å². The molecule has 1 aromatic heterocycles. The Morgan fingerprint density at radius 3 is 1.89 bits per heavy atom. The fraction of sp³-hybridized carbons (Fsp3) is 0.615. The zero-order valence-electron chi connectivity index (χ0n) is 11.1. The first kappa shape index (κ1) is 16.0. The fourth-order valence-electron chi connectivity index (χ4n) is 2.04. The molecule has 6 heteroatoms. The monoisotopic (exact) mass is 271 g/mol. The van der Waals surface area contributed by atoms with Gasteiger partial charge in [-0.1, -0.05) is 0 Å². The Balaban J connectivity index is 3.21. The van der Waals surface area contributed by atoms with Crippen LogP contribution in [0.25, 0.3) is 0 Å². The SMILES string of the molecule is CCOCCc1nc(CO)c(CO)c(CO)c1CO. The first-order valence-corrected chi connectivity index (χ1v) is 6.26. The van der Waals surface area contributed by atoms with Crippen molar-refractivity contribution in [2.45, 2.75) is 39.8 Å². The number of hydrogen-bond donors (Lipinski definition) is 4. The molecule has 19 heavy (non-hydrogen) atoms. The molecule has 1 aromatic rings. The maximum atomic E-state index is 9.43. The summed E-state index contributed by atoms with van der Waals surface area (Å²) in [6, 6.07) is 0. The van der Waals surface area contributed by atoms with E-state index in [9.17, 15) is 20.4 Å². The Hall–Kier alpha value is -1.05. The second-order valence-corrected chi connectivity index (χ2v) is 4.02. The highest BCUT2D eigenvalue weighted by Gasteiger charge is 2.17. The number of nitrogens with zero attached hydrogens (tertiary/aromatic N) is 1. The molecule has 0 aliphatic rings. The lowest BCUT2D eigenvalue weighted by Crippen LogP contribution is -2.14. The summed E-state index contributed by atoms with van der Waals surface area (Å²) in [6.45, 7) is 1.67. The van der Waals surface area contributed by atoms with Crippen molar-refractivity contribution in [2.24, 2.45) is 0 Å². The molecule has 0 atom stereocenters. The van der Waals surface area contributed by atoms with Crippen molar-refractivity contribution in [1.29, 1.82) is 0 Å². The Labute approximate surface area is 112 Å². The summed E-state index contributed by atoms with van der Waals surface area (Å²) < 4.78 is 5.24. The third-order valence-corrected chi connectivity index (χ3v) is 3.01. The third kappa shape index (κ3) is 3.71. The summed E-state index contributed by atoms with van der Waals surface area (Å²) in [6.07, 6.45) is 0.482. The number of aliphatic hydroxyl groups is 4. The van der Waals surface area contributed by atoms with E-state index in [2.05, 4.69) is 4.98 Å². The van der Waals surface area contributed by atoms with Crippen LogP contribution in [0.5, 0.6) is 0 Å². The van der Waals surface area contributed by atoms with Crippen molar-refractivity contribution in [3.63, 3.8) is 0 Å². The molecule has 0 unspecified atom stereocenters. The van der Waals surface area contributed by atoms with Crippen LogP contribution in [0.2, 0.25) is 0 Å². The van der Waals surface area contributed by atoms with Gasteiger partial charge in [0.25, 0.3) is 0 Å². The summed E-state index contributed by atoms with van der Waals surface area (Å²) in [5.74, 6) is 0. The number of rotatable bonds is 8.